The maximum atomic E-state index is 4.48. The Hall–Kier alpha value is -1.19. The number of aromatic nitrogens is 1. The van der Waals surface area contributed by atoms with Crippen molar-refractivity contribution in [3.8, 4) is 0 Å². The molecule has 1 aromatic carbocycles. The van der Waals surface area contributed by atoms with Crippen molar-refractivity contribution in [1.29, 1.82) is 0 Å². The van der Waals surface area contributed by atoms with Crippen molar-refractivity contribution < 1.29 is 0 Å². The number of nitrogens with zero attached hydrogens (tertiary/aromatic N) is 1. The Labute approximate surface area is 113 Å². The second kappa shape index (κ2) is 5.63. The van der Waals surface area contributed by atoms with Crippen LogP contribution in [0.15, 0.2) is 24.3 Å². The second-order valence-corrected chi connectivity index (χ2v) is 6.01. The molecule has 0 aliphatic carbocycles. The first-order chi connectivity index (χ1) is 8.56. The Kier molecular flexibility index (Phi) is 4.15. The van der Waals surface area contributed by atoms with Crippen molar-refractivity contribution in [3.05, 3.63) is 51.0 Å². The quantitative estimate of drug-likeness (QED) is 0.901. The zero-order chi connectivity index (χ0) is 13.1. The summed E-state index contributed by atoms with van der Waals surface area (Å²) >= 11 is 1.79. The van der Waals surface area contributed by atoms with E-state index in [1.807, 2.05) is 0 Å². The largest absolute Gasteiger partial charge is 0.305 e. The van der Waals surface area contributed by atoms with Crippen LogP contribution < -0.4 is 5.32 Å². The van der Waals surface area contributed by atoms with E-state index in [0.29, 0.717) is 6.04 Å². The molecule has 0 amide bonds. The van der Waals surface area contributed by atoms with Gasteiger partial charge in [-0.1, -0.05) is 29.8 Å². The Morgan fingerprint density at radius 2 is 1.83 bits per heavy atom. The van der Waals surface area contributed by atoms with Crippen LogP contribution in [0.2, 0.25) is 0 Å². The van der Waals surface area contributed by atoms with Crippen LogP contribution in [-0.4, -0.2) is 4.98 Å². The van der Waals surface area contributed by atoms with Crippen LogP contribution >= 0.6 is 11.3 Å². The Bertz CT molecular complexity index is 514. The third-order valence-corrected chi connectivity index (χ3v) is 4.32. The van der Waals surface area contributed by atoms with Crippen LogP contribution in [0.3, 0.4) is 0 Å². The van der Waals surface area contributed by atoms with E-state index in [1.54, 1.807) is 11.3 Å². The monoisotopic (exact) mass is 260 g/mol. The van der Waals surface area contributed by atoms with Gasteiger partial charge in [-0.15, -0.1) is 11.3 Å². The lowest BCUT2D eigenvalue weighted by atomic mass is 10.1. The van der Waals surface area contributed by atoms with Gasteiger partial charge >= 0.3 is 0 Å². The van der Waals surface area contributed by atoms with Crippen LogP contribution in [0.25, 0.3) is 0 Å². The summed E-state index contributed by atoms with van der Waals surface area (Å²) in [6, 6.07) is 9.03. The number of benzene rings is 1. The van der Waals surface area contributed by atoms with Crippen molar-refractivity contribution >= 4 is 11.3 Å². The van der Waals surface area contributed by atoms with Gasteiger partial charge < -0.3 is 5.32 Å². The van der Waals surface area contributed by atoms with Gasteiger partial charge in [0.1, 0.15) is 0 Å². The Balaban J connectivity index is 1.98. The van der Waals surface area contributed by atoms with Gasteiger partial charge in [0, 0.05) is 17.5 Å². The van der Waals surface area contributed by atoms with Crippen LogP contribution in [0.5, 0.6) is 0 Å². The van der Waals surface area contributed by atoms with E-state index in [9.17, 15) is 0 Å². The molecule has 96 valence electrons. The van der Waals surface area contributed by atoms with Crippen molar-refractivity contribution in [2.75, 3.05) is 0 Å². The molecule has 0 radical (unpaired) electrons. The zero-order valence-electron chi connectivity index (χ0n) is 11.4. The molecule has 1 heterocycles. The predicted octanol–water partition coefficient (Wildman–Crippen LogP) is 3.92. The fourth-order valence-electron chi connectivity index (χ4n) is 2.02. The summed E-state index contributed by atoms with van der Waals surface area (Å²) in [5.41, 5.74) is 3.79. The lowest BCUT2D eigenvalue weighted by molar-refractivity contribution is 0.579. The summed E-state index contributed by atoms with van der Waals surface area (Å²) in [6.07, 6.45) is 0. The van der Waals surface area contributed by atoms with Crippen molar-refractivity contribution in [2.45, 2.75) is 40.3 Å². The smallest absolute Gasteiger partial charge is 0.0900 e. The first-order valence-corrected chi connectivity index (χ1v) is 7.11. The molecule has 2 nitrogen and oxygen atoms in total. The Morgan fingerprint density at radius 1 is 1.17 bits per heavy atom. The highest BCUT2D eigenvalue weighted by Gasteiger charge is 2.12. The molecule has 2 aromatic rings. The number of thiazole rings is 1. The summed E-state index contributed by atoms with van der Waals surface area (Å²) in [5, 5.41) is 4.70. The van der Waals surface area contributed by atoms with E-state index in [2.05, 4.69) is 62.3 Å². The van der Waals surface area contributed by atoms with Gasteiger partial charge in [0.25, 0.3) is 0 Å². The normalized spacial score (nSPS) is 12.7. The third-order valence-electron chi connectivity index (χ3n) is 3.07. The summed E-state index contributed by atoms with van der Waals surface area (Å²) < 4.78 is 0. The van der Waals surface area contributed by atoms with Gasteiger partial charge in [-0.25, -0.2) is 4.98 Å². The fraction of sp³-hybridized carbons (Fsp3) is 0.400. The summed E-state index contributed by atoms with van der Waals surface area (Å²) in [5.74, 6) is 0. The van der Waals surface area contributed by atoms with Crippen LogP contribution in [0.1, 0.15) is 39.7 Å². The first-order valence-electron chi connectivity index (χ1n) is 6.29. The highest BCUT2D eigenvalue weighted by molar-refractivity contribution is 7.11. The molecule has 0 spiro atoms. The number of rotatable bonds is 4. The maximum Gasteiger partial charge on any atom is 0.0900 e. The standard InChI is InChI=1S/C15H20N2S/c1-10-5-7-14(8-6-10)9-16-11(2)15-12(3)17-13(4)18-15/h5-8,11,16H,9H2,1-4H3. The Morgan fingerprint density at radius 3 is 2.39 bits per heavy atom. The van der Waals surface area contributed by atoms with Gasteiger partial charge in [-0.2, -0.15) is 0 Å². The molecular weight excluding hydrogens is 240 g/mol. The molecule has 1 aromatic heterocycles. The minimum absolute atomic E-state index is 0.359. The van der Waals surface area contributed by atoms with Gasteiger partial charge in [0.15, 0.2) is 0 Å². The topological polar surface area (TPSA) is 24.9 Å². The van der Waals surface area contributed by atoms with Crippen LogP contribution in [-0.2, 0) is 6.54 Å². The first kappa shape index (κ1) is 13.2. The molecule has 1 atom stereocenters. The number of hydrogen-bond acceptors (Lipinski definition) is 3. The molecule has 0 aliphatic rings. The summed E-state index contributed by atoms with van der Waals surface area (Å²) in [4.78, 5) is 5.82. The molecule has 0 saturated heterocycles. The zero-order valence-corrected chi connectivity index (χ0v) is 12.3. The highest BCUT2D eigenvalue weighted by atomic mass is 32.1. The van der Waals surface area contributed by atoms with Crippen LogP contribution in [0, 0.1) is 20.8 Å². The summed E-state index contributed by atoms with van der Waals surface area (Å²) in [7, 11) is 0. The average Bonchev–Trinajstić information content (AvgIpc) is 2.67. The second-order valence-electron chi connectivity index (χ2n) is 4.77. The van der Waals surface area contributed by atoms with Gasteiger partial charge in [0.2, 0.25) is 0 Å². The molecule has 0 saturated carbocycles. The molecular formula is C15H20N2S. The number of aryl methyl sites for hydroxylation is 3. The maximum absolute atomic E-state index is 4.48. The fourth-order valence-corrected chi connectivity index (χ4v) is 2.97. The SMILES string of the molecule is Cc1ccc(CNC(C)c2sc(C)nc2C)cc1. The van der Waals surface area contributed by atoms with Gasteiger partial charge in [-0.05, 0) is 33.3 Å². The minimum atomic E-state index is 0.359. The van der Waals surface area contributed by atoms with E-state index >= 15 is 0 Å². The van der Waals surface area contributed by atoms with E-state index < -0.39 is 0 Å². The van der Waals surface area contributed by atoms with Crippen molar-refractivity contribution in [2.24, 2.45) is 0 Å². The van der Waals surface area contributed by atoms with Gasteiger partial charge in [0.05, 0.1) is 10.7 Å². The third kappa shape index (κ3) is 3.18. The molecule has 3 heteroatoms. The van der Waals surface area contributed by atoms with Gasteiger partial charge in [-0.3, -0.25) is 0 Å². The lowest BCUT2D eigenvalue weighted by Gasteiger charge is -2.13. The molecule has 0 aliphatic heterocycles. The lowest BCUT2D eigenvalue weighted by Crippen LogP contribution is -2.17. The van der Waals surface area contributed by atoms with E-state index in [4.69, 9.17) is 0 Å². The minimum Gasteiger partial charge on any atom is -0.305 e. The number of nitrogens with one attached hydrogen (secondary N) is 1. The molecule has 1 unspecified atom stereocenters. The molecule has 2 rings (SSSR count). The number of hydrogen-bond donors (Lipinski definition) is 1. The molecule has 0 fully saturated rings. The summed E-state index contributed by atoms with van der Waals surface area (Å²) in [6.45, 7) is 9.37. The van der Waals surface area contributed by atoms with E-state index in [-0.39, 0.29) is 0 Å². The van der Waals surface area contributed by atoms with Crippen molar-refractivity contribution in [1.82, 2.24) is 10.3 Å². The molecule has 0 bridgehead atoms. The average molecular weight is 260 g/mol. The highest BCUT2D eigenvalue weighted by Crippen LogP contribution is 2.24. The predicted molar refractivity (Wildman–Crippen MR) is 78.0 cm³/mol. The molecule has 18 heavy (non-hydrogen) atoms. The van der Waals surface area contributed by atoms with E-state index in [0.717, 1.165) is 17.2 Å². The van der Waals surface area contributed by atoms with Crippen LogP contribution in [0.4, 0.5) is 0 Å². The van der Waals surface area contributed by atoms with E-state index in [1.165, 1.54) is 16.0 Å². The molecule has 1 N–H and O–H groups in total. The van der Waals surface area contributed by atoms with Crippen molar-refractivity contribution in [3.63, 3.8) is 0 Å².